The predicted molar refractivity (Wildman–Crippen MR) is 67.0 cm³/mol. The van der Waals surface area contributed by atoms with E-state index in [1.54, 1.807) is 0 Å². The molecule has 0 aliphatic carbocycles. The lowest BCUT2D eigenvalue weighted by Crippen LogP contribution is -2.49. The quantitative estimate of drug-likeness (QED) is 0.798. The molecule has 2 N–H and O–H groups in total. The van der Waals surface area contributed by atoms with Crippen LogP contribution in [0.1, 0.15) is 40.5 Å². The molecular formula is C13H26N2O. The summed E-state index contributed by atoms with van der Waals surface area (Å²) in [4.78, 5) is 14.3. The smallest absolute Gasteiger partial charge is 0.228 e. The van der Waals surface area contributed by atoms with E-state index in [0.29, 0.717) is 24.3 Å². The molecule has 16 heavy (non-hydrogen) atoms. The van der Waals surface area contributed by atoms with Crippen LogP contribution in [0.5, 0.6) is 0 Å². The summed E-state index contributed by atoms with van der Waals surface area (Å²) in [6.45, 7) is 10.8. The molecule has 0 saturated carbocycles. The molecule has 1 amide bonds. The van der Waals surface area contributed by atoms with Crippen LogP contribution in [-0.2, 0) is 4.79 Å². The van der Waals surface area contributed by atoms with Gasteiger partial charge in [0.2, 0.25) is 5.91 Å². The molecule has 0 spiro atoms. The number of amides is 1. The monoisotopic (exact) mass is 226 g/mol. The third-order valence-corrected chi connectivity index (χ3v) is 4.17. The van der Waals surface area contributed by atoms with Gasteiger partial charge < -0.3 is 10.6 Å². The van der Waals surface area contributed by atoms with E-state index in [1.807, 2.05) is 18.7 Å². The van der Waals surface area contributed by atoms with Crippen LogP contribution in [0.3, 0.4) is 0 Å². The lowest BCUT2D eigenvalue weighted by atomic mass is 9.83. The van der Waals surface area contributed by atoms with Crippen molar-refractivity contribution >= 4 is 5.91 Å². The zero-order valence-electron chi connectivity index (χ0n) is 11.1. The number of nitrogens with two attached hydrogens (primary N) is 1. The number of likely N-dealkylation sites (tertiary alicyclic amines) is 1. The molecule has 1 saturated heterocycles. The third-order valence-electron chi connectivity index (χ3n) is 4.17. The Hall–Kier alpha value is -0.570. The first kappa shape index (κ1) is 13.5. The average molecular weight is 226 g/mol. The van der Waals surface area contributed by atoms with Gasteiger partial charge in [-0.1, -0.05) is 27.7 Å². The van der Waals surface area contributed by atoms with Gasteiger partial charge in [0, 0.05) is 18.5 Å². The Balaban J connectivity index is 2.65. The van der Waals surface area contributed by atoms with Crippen LogP contribution in [0.4, 0.5) is 0 Å². The summed E-state index contributed by atoms with van der Waals surface area (Å²) in [6.07, 6.45) is 1.98. The first-order valence-electron chi connectivity index (χ1n) is 6.41. The number of nitrogens with zero attached hydrogens (tertiary/aromatic N) is 1. The predicted octanol–water partition coefficient (Wildman–Crippen LogP) is 1.87. The van der Waals surface area contributed by atoms with Gasteiger partial charge in [-0.3, -0.25) is 4.79 Å². The van der Waals surface area contributed by atoms with Crippen molar-refractivity contribution in [3.63, 3.8) is 0 Å². The van der Waals surface area contributed by atoms with Crippen molar-refractivity contribution in [3.05, 3.63) is 0 Å². The maximum absolute atomic E-state index is 12.3. The second-order valence-corrected chi connectivity index (χ2v) is 5.75. The maximum Gasteiger partial charge on any atom is 0.228 e. The van der Waals surface area contributed by atoms with Crippen LogP contribution < -0.4 is 5.73 Å². The molecule has 3 nitrogen and oxygen atoms in total. The molecular weight excluding hydrogens is 200 g/mol. The highest BCUT2D eigenvalue weighted by atomic mass is 16.2. The van der Waals surface area contributed by atoms with Gasteiger partial charge in [0.15, 0.2) is 0 Å². The van der Waals surface area contributed by atoms with Crippen molar-refractivity contribution < 1.29 is 4.79 Å². The minimum atomic E-state index is -0.222. The minimum absolute atomic E-state index is 0.222. The largest absolute Gasteiger partial charge is 0.342 e. The summed E-state index contributed by atoms with van der Waals surface area (Å²) in [6, 6.07) is 0. The fourth-order valence-electron chi connectivity index (χ4n) is 2.22. The molecule has 2 unspecified atom stereocenters. The Kier molecular flexibility index (Phi) is 4.36. The lowest BCUT2D eigenvalue weighted by molar-refractivity contribution is -0.143. The molecule has 2 atom stereocenters. The third kappa shape index (κ3) is 2.76. The highest BCUT2D eigenvalue weighted by Gasteiger charge is 2.34. The molecule has 1 aliphatic heterocycles. The molecule has 1 heterocycles. The zero-order valence-corrected chi connectivity index (χ0v) is 11.1. The second kappa shape index (κ2) is 5.17. The number of piperidine rings is 1. The highest BCUT2D eigenvalue weighted by Crippen LogP contribution is 2.28. The van der Waals surface area contributed by atoms with Gasteiger partial charge >= 0.3 is 0 Å². The van der Waals surface area contributed by atoms with Gasteiger partial charge in [-0.25, -0.2) is 0 Å². The van der Waals surface area contributed by atoms with Crippen molar-refractivity contribution in [1.82, 2.24) is 4.90 Å². The topological polar surface area (TPSA) is 46.3 Å². The molecule has 0 aromatic carbocycles. The van der Waals surface area contributed by atoms with Crippen LogP contribution in [0.25, 0.3) is 0 Å². The minimum Gasteiger partial charge on any atom is -0.342 e. The average Bonchev–Trinajstić information content (AvgIpc) is 2.28. The van der Waals surface area contributed by atoms with Gasteiger partial charge in [-0.15, -0.1) is 0 Å². The number of rotatable bonds is 3. The normalized spacial score (nSPS) is 26.9. The van der Waals surface area contributed by atoms with E-state index in [0.717, 1.165) is 25.9 Å². The molecule has 1 fully saturated rings. The molecule has 0 bridgehead atoms. The summed E-state index contributed by atoms with van der Waals surface area (Å²) >= 11 is 0. The highest BCUT2D eigenvalue weighted by molar-refractivity contribution is 5.82. The molecule has 0 radical (unpaired) electrons. The van der Waals surface area contributed by atoms with Crippen LogP contribution >= 0.6 is 0 Å². The molecule has 3 heteroatoms. The number of carbonyl (C=O) groups excluding carboxylic acids is 1. The van der Waals surface area contributed by atoms with Gasteiger partial charge in [-0.05, 0) is 31.2 Å². The van der Waals surface area contributed by atoms with Gasteiger partial charge in [0.05, 0.1) is 0 Å². The van der Waals surface area contributed by atoms with E-state index in [4.69, 9.17) is 5.73 Å². The van der Waals surface area contributed by atoms with Crippen LogP contribution in [-0.4, -0.2) is 30.4 Å². The molecule has 0 aromatic rings. The van der Waals surface area contributed by atoms with E-state index in [1.165, 1.54) is 0 Å². The van der Waals surface area contributed by atoms with Crippen LogP contribution in [0.15, 0.2) is 0 Å². The maximum atomic E-state index is 12.3. The van der Waals surface area contributed by atoms with E-state index in [2.05, 4.69) is 13.8 Å². The van der Waals surface area contributed by atoms with Gasteiger partial charge in [0.25, 0.3) is 0 Å². The van der Waals surface area contributed by atoms with Crippen molar-refractivity contribution in [3.8, 4) is 0 Å². The fourth-order valence-corrected chi connectivity index (χ4v) is 2.22. The van der Waals surface area contributed by atoms with Crippen LogP contribution in [0, 0.1) is 17.3 Å². The molecule has 1 rings (SSSR count). The molecule has 0 aromatic heterocycles. The lowest BCUT2D eigenvalue weighted by Gasteiger charge is -2.40. The fraction of sp³-hybridized carbons (Fsp3) is 0.923. The number of carbonyl (C=O) groups is 1. The summed E-state index contributed by atoms with van der Waals surface area (Å²) in [5, 5.41) is 0. The molecule has 1 aliphatic rings. The summed E-state index contributed by atoms with van der Waals surface area (Å²) < 4.78 is 0. The van der Waals surface area contributed by atoms with E-state index >= 15 is 0 Å². The Morgan fingerprint density at radius 1 is 1.50 bits per heavy atom. The standard InChI is InChI=1S/C13H26N2O/c1-5-13(3,4)12(16)15-7-6-10(2)11(8-14)9-15/h10-11H,5-9,14H2,1-4H3. The summed E-state index contributed by atoms with van der Waals surface area (Å²) in [7, 11) is 0. The van der Waals surface area contributed by atoms with Gasteiger partial charge in [0.1, 0.15) is 0 Å². The second-order valence-electron chi connectivity index (χ2n) is 5.75. The number of hydrogen-bond donors (Lipinski definition) is 1. The molecule has 94 valence electrons. The summed E-state index contributed by atoms with van der Waals surface area (Å²) in [5.74, 6) is 1.42. The van der Waals surface area contributed by atoms with Crippen molar-refractivity contribution in [2.75, 3.05) is 19.6 Å². The first-order chi connectivity index (χ1) is 7.42. The Labute approximate surface area is 99.4 Å². The van der Waals surface area contributed by atoms with Crippen molar-refractivity contribution in [1.29, 1.82) is 0 Å². The van der Waals surface area contributed by atoms with Crippen LogP contribution in [0.2, 0.25) is 0 Å². The van der Waals surface area contributed by atoms with E-state index < -0.39 is 0 Å². The number of hydrogen-bond acceptors (Lipinski definition) is 2. The summed E-state index contributed by atoms with van der Waals surface area (Å²) in [5.41, 5.74) is 5.54. The van der Waals surface area contributed by atoms with Crippen molar-refractivity contribution in [2.45, 2.75) is 40.5 Å². The Morgan fingerprint density at radius 3 is 2.62 bits per heavy atom. The van der Waals surface area contributed by atoms with E-state index in [9.17, 15) is 4.79 Å². The Bertz CT molecular complexity index is 250. The van der Waals surface area contributed by atoms with E-state index in [-0.39, 0.29) is 5.41 Å². The zero-order chi connectivity index (χ0) is 12.3. The Morgan fingerprint density at radius 2 is 2.12 bits per heavy atom. The first-order valence-corrected chi connectivity index (χ1v) is 6.41. The van der Waals surface area contributed by atoms with Crippen molar-refractivity contribution in [2.24, 2.45) is 23.0 Å². The SMILES string of the molecule is CCC(C)(C)C(=O)N1CCC(C)C(CN)C1. The van der Waals surface area contributed by atoms with Gasteiger partial charge in [-0.2, -0.15) is 0 Å².